The van der Waals surface area contributed by atoms with E-state index in [0.29, 0.717) is 36.4 Å². The Labute approximate surface area is 188 Å². The SMILES string of the molecule is CC(C)CN1CCOC(CNC(=O)c2nn(Cc3ccccc3)c(=O)c3ccccc23)C1. The highest BCUT2D eigenvalue weighted by molar-refractivity contribution is 6.04. The molecule has 1 aliphatic heterocycles. The van der Waals surface area contributed by atoms with Crippen molar-refractivity contribution in [2.45, 2.75) is 26.5 Å². The van der Waals surface area contributed by atoms with E-state index in [1.54, 1.807) is 18.2 Å². The molecule has 0 bridgehead atoms. The third kappa shape index (κ3) is 5.23. The summed E-state index contributed by atoms with van der Waals surface area (Å²) in [7, 11) is 0. The van der Waals surface area contributed by atoms with Gasteiger partial charge in [-0.3, -0.25) is 14.5 Å². The zero-order valence-corrected chi connectivity index (χ0v) is 18.7. The van der Waals surface area contributed by atoms with Crippen LogP contribution in [0.25, 0.3) is 10.8 Å². The van der Waals surface area contributed by atoms with E-state index in [2.05, 4.69) is 29.2 Å². The summed E-state index contributed by atoms with van der Waals surface area (Å²) in [5.74, 6) is 0.289. The van der Waals surface area contributed by atoms with Gasteiger partial charge in [-0.05, 0) is 17.5 Å². The van der Waals surface area contributed by atoms with E-state index in [4.69, 9.17) is 4.74 Å². The molecule has 0 spiro atoms. The van der Waals surface area contributed by atoms with Gasteiger partial charge in [-0.2, -0.15) is 5.10 Å². The van der Waals surface area contributed by atoms with Crippen molar-refractivity contribution in [2.24, 2.45) is 5.92 Å². The van der Waals surface area contributed by atoms with E-state index in [-0.39, 0.29) is 23.3 Å². The van der Waals surface area contributed by atoms with Crippen LogP contribution in [-0.2, 0) is 11.3 Å². The topological polar surface area (TPSA) is 76.5 Å². The summed E-state index contributed by atoms with van der Waals surface area (Å²) >= 11 is 0. The summed E-state index contributed by atoms with van der Waals surface area (Å²) in [6.07, 6.45) is -0.0621. The first-order chi connectivity index (χ1) is 15.5. The van der Waals surface area contributed by atoms with Gasteiger partial charge in [0.05, 0.1) is 24.6 Å². The average molecular weight is 435 g/mol. The fraction of sp³-hybridized carbons (Fsp3) is 0.400. The minimum absolute atomic E-state index is 0.0621. The average Bonchev–Trinajstić information content (AvgIpc) is 2.80. The van der Waals surface area contributed by atoms with Gasteiger partial charge in [-0.1, -0.05) is 62.4 Å². The van der Waals surface area contributed by atoms with Gasteiger partial charge >= 0.3 is 0 Å². The third-order valence-corrected chi connectivity index (χ3v) is 5.59. The molecular weight excluding hydrogens is 404 g/mol. The number of rotatable bonds is 7. The molecule has 2 aromatic carbocycles. The number of aromatic nitrogens is 2. The van der Waals surface area contributed by atoms with Crippen LogP contribution in [0.4, 0.5) is 0 Å². The van der Waals surface area contributed by atoms with Crippen molar-refractivity contribution in [3.63, 3.8) is 0 Å². The van der Waals surface area contributed by atoms with E-state index in [0.717, 1.165) is 25.2 Å². The van der Waals surface area contributed by atoms with Crippen molar-refractivity contribution >= 4 is 16.7 Å². The summed E-state index contributed by atoms with van der Waals surface area (Å²) in [6, 6.07) is 16.8. The number of fused-ring (bicyclic) bond motifs is 1. The van der Waals surface area contributed by atoms with E-state index < -0.39 is 0 Å². The van der Waals surface area contributed by atoms with Gasteiger partial charge in [-0.15, -0.1) is 0 Å². The molecule has 0 saturated carbocycles. The number of nitrogens with zero attached hydrogens (tertiary/aromatic N) is 3. The number of carbonyl (C=O) groups is 1. The quantitative estimate of drug-likeness (QED) is 0.619. The Morgan fingerprint density at radius 1 is 1.12 bits per heavy atom. The normalized spacial score (nSPS) is 17.0. The van der Waals surface area contributed by atoms with Crippen molar-refractivity contribution in [3.05, 3.63) is 76.2 Å². The first-order valence-electron chi connectivity index (χ1n) is 11.2. The van der Waals surface area contributed by atoms with Crippen LogP contribution < -0.4 is 10.9 Å². The molecular formula is C25H30N4O3. The predicted molar refractivity (Wildman–Crippen MR) is 125 cm³/mol. The van der Waals surface area contributed by atoms with E-state index in [9.17, 15) is 9.59 Å². The highest BCUT2D eigenvalue weighted by Crippen LogP contribution is 2.14. The van der Waals surface area contributed by atoms with Crippen LogP contribution in [0, 0.1) is 5.92 Å². The largest absolute Gasteiger partial charge is 0.374 e. The fourth-order valence-corrected chi connectivity index (χ4v) is 4.14. The Hall–Kier alpha value is -3.03. The summed E-state index contributed by atoms with van der Waals surface area (Å²) in [5, 5.41) is 8.48. The molecule has 4 rings (SSSR count). The van der Waals surface area contributed by atoms with E-state index >= 15 is 0 Å². The molecule has 1 fully saturated rings. The Bertz CT molecular complexity index is 1130. The van der Waals surface area contributed by atoms with E-state index in [1.165, 1.54) is 4.68 Å². The molecule has 3 aromatic rings. The third-order valence-electron chi connectivity index (χ3n) is 5.59. The molecule has 2 heterocycles. The number of hydrogen-bond acceptors (Lipinski definition) is 5. The molecule has 168 valence electrons. The summed E-state index contributed by atoms with van der Waals surface area (Å²) in [5.41, 5.74) is 0.997. The smallest absolute Gasteiger partial charge is 0.274 e. The second-order valence-electron chi connectivity index (χ2n) is 8.70. The van der Waals surface area contributed by atoms with Crippen molar-refractivity contribution in [1.29, 1.82) is 0 Å². The van der Waals surface area contributed by atoms with Gasteiger partial charge in [0, 0.05) is 31.6 Å². The maximum Gasteiger partial charge on any atom is 0.274 e. The fourth-order valence-electron chi connectivity index (χ4n) is 4.14. The number of amides is 1. The zero-order chi connectivity index (χ0) is 22.5. The molecule has 1 saturated heterocycles. The standard InChI is InChI=1S/C25H30N4O3/c1-18(2)15-28-12-13-32-20(17-28)14-26-24(30)23-21-10-6-7-11-22(21)25(31)29(27-23)16-19-8-4-3-5-9-19/h3-11,18,20H,12-17H2,1-2H3,(H,26,30). The van der Waals surface area contributed by atoms with Gasteiger partial charge in [0.1, 0.15) is 0 Å². The number of nitrogens with one attached hydrogen (secondary N) is 1. The highest BCUT2D eigenvalue weighted by Gasteiger charge is 2.23. The summed E-state index contributed by atoms with van der Waals surface area (Å²) < 4.78 is 7.22. The molecule has 0 aliphatic carbocycles. The maximum absolute atomic E-state index is 13.1. The minimum atomic E-state index is -0.299. The number of morpholine rings is 1. The highest BCUT2D eigenvalue weighted by atomic mass is 16.5. The first-order valence-corrected chi connectivity index (χ1v) is 11.2. The van der Waals surface area contributed by atoms with Crippen LogP contribution >= 0.6 is 0 Å². The predicted octanol–water partition coefficient (Wildman–Crippen LogP) is 2.53. The summed E-state index contributed by atoms with van der Waals surface area (Å²) in [6.45, 7) is 8.50. The molecule has 1 N–H and O–H groups in total. The second kappa shape index (κ2) is 10.1. The Morgan fingerprint density at radius 3 is 2.59 bits per heavy atom. The lowest BCUT2D eigenvalue weighted by Gasteiger charge is -2.33. The molecule has 1 aliphatic rings. The van der Waals surface area contributed by atoms with Gasteiger partial charge in [0.2, 0.25) is 0 Å². The van der Waals surface area contributed by atoms with Gasteiger partial charge < -0.3 is 10.1 Å². The van der Waals surface area contributed by atoms with Gasteiger partial charge in [0.15, 0.2) is 5.69 Å². The maximum atomic E-state index is 13.1. The van der Waals surface area contributed by atoms with Crippen LogP contribution in [0.5, 0.6) is 0 Å². The monoisotopic (exact) mass is 434 g/mol. The molecule has 1 atom stereocenters. The van der Waals surface area contributed by atoms with Crippen molar-refractivity contribution in [3.8, 4) is 0 Å². The van der Waals surface area contributed by atoms with Crippen LogP contribution in [0.15, 0.2) is 59.4 Å². The Kier molecular flexibility index (Phi) is 6.97. The number of ether oxygens (including phenoxy) is 1. The first kappa shape index (κ1) is 22.2. The molecule has 7 heteroatoms. The minimum Gasteiger partial charge on any atom is -0.374 e. The molecule has 7 nitrogen and oxygen atoms in total. The van der Waals surface area contributed by atoms with Crippen molar-refractivity contribution in [1.82, 2.24) is 20.0 Å². The Balaban J connectivity index is 1.54. The van der Waals surface area contributed by atoms with Crippen LogP contribution in [-0.4, -0.2) is 59.5 Å². The van der Waals surface area contributed by atoms with E-state index in [1.807, 2.05) is 36.4 Å². The van der Waals surface area contributed by atoms with Crippen LogP contribution in [0.2, 0.25) is 0 Å². The molecule has 1 amide bonds. The lowest BCUT2D eigenvalue weighted by Crippen LogP contribution is -2.48. The Morgan fingerprint density at radius 2 is 1.84 bits per heavy atom. The van der Waals surface area contributed by atoms with Gasteiger partial charge in [0.25, 0.3) is 11.5 Å². The lowest BCUT2D eigenvalue weighted by atomic mass is 10.1. The van der Waals surface area contributed by atoms with Crippen LogP contribution in [0.3, 0.4) is 0 Å². The number of hydrogen-bond donors (Lipinski definition) is 1. The number of benzene rings is 2. The zero-order valence-electron chi connectivity index (χ0n) is 18.7. The van der Waals surface area contributed by atoms with Crippen molar-refractivity contribution in [2.75, 3.05) is 32.8 Å². The van der Waals surface area contributed by atoms with Crippen molar-refractivity contribution < 1.29 is 9.53 Å². The molecule has 0 radical (unpaired) electrons. The van der Waals surface area contributed by atoms with Crippen LogP contribution in [0.1, 0.15) is 29.9 Å². The molecule has 1 aromatic heterocycles. The molecule has 32 heavy (non-hydrogen) atoms. The molecule has 1 unspecified atom stereocenters. The summed E-state index contributed by atoms with van der Waals surface area (Å²) in [4.78, 5) is 28.5. The second-order valence-corrected chi connectivity index (χ2v) is 8.70. The van der Waals surface area contributed by atoms with Gasteiger partial charge in [-0.25, -0.2) is 4.68 Å². The lowest BCUT2D eigenvalue weighted by molar-refractivity contribution is -0.0295. The number of carbonyl (C=O) groups excluding carboxylic acids is 1.